The molecule has 0 aliphatic carbocycles. The summed E-state index contributed by atoms with van der Waals surface area (Å²) >= 11 is 5.80. The van der Waals surface area contributed by atoms with Gasteiger partial charge in [0.05, 0.1) is 12.1 Å². The quantitative estimate of drug-likeness (QED) is 0.772. The third kappa shape index (κ3) is 3.25. The van der Waals surface area contributed by atoms with Crippen LogP contribution in [0.15, 0.2) is 18.2 Å². The van der Waals surface area contributed by atoms with Gasteiger partial charge in [-0.25, -0.2) is 4.39 Å². The number of amides is 1. The Balaban J connectivity index is 2.05. The molecule has 1 aliphatic heterocycles. The number of hydrogen-bond acceptors (Lipinski definition) is 2. The van der Waals surface area contributed by atoms with Gasteiger partial charge < -0.3 is 4.90 Å². The molecule has 0 bridgehead atoms. The third-order valence-electron chi connectivity index (χ3n) is 3.13. The van der Waals surface area contributed by atoms with Gasteiger partial charge in [-0.2, -0.15) is 0 Å². The first-order valence-electron chi connectivity index (χ1n) is 6.02. The predicted octanol–water partition coefficient (Wildman–Crippen LogP) is 1.87. The molecule has 0 unspecified atom stereocenters. The van der Waals surface area contributed by atoms with Crippen molar-refractivity contribution in [3.8, 4) is 12.3 Å². The van der Waals surface area contributed by atoms with Crippen LogP contribution in [0.4, 0.5) is 4.39 Å². The molecule has 1 heterocycles. The van der Waals surface area contributed by atoms with E-state index in [4.69, 9.17) is 18.0 Å². The van der Waals surface area contributed by atoms with Gasteiger partial charge in [-0.15, -0.1) is 6.42 Å². The summed E-state index contributed by atoms with van der Waals surface area (Å²) in [6.07, 6.45) is 5.24. The van der Waals surface area contributed by atoms with Crippen LogP contribution in [0.5, 0.6) is 0 Å². The summed E-state index contributed by atoms with van der Waals surface area (Å²) in [6.45, 7) is 3.09. The first kappa shape index (κ1) is 13.9. The highest BCUT2D eigenvalue weighted by molar-refractivity contribution is 6.31. The van der Waals surface area contributed by atoms with Crippen molar-refractivity contribution in [3.63, 3.8) is 0 Å². The lowest BCUT2D eigenvalue weighted by molar-refractivity contribution is 0.0647. The van der Waals surface area contributed by atoms with E-state index in [2.05, 4.69) is 10.8 Å². The van der Waals surface area contributed by atoms with Crippen LogP contribution in [-0.4, -0.2) is 48.4 Å². The zero-order valence-corrected chi connectivity index (χ0v) is 11.2. The van der Waals surface area contributed by atoms with Crippen LogP contribution in [-0.2, 0) is 0 Å². The van der Waals surface area contributed by atoms with E-state index in [9.17, 15) is 9.18 Å². The zero-order chi connectivity index (χ0) is 13.8. The first-order chi connectivity index (χ1) is 9.11. The van der Waals surface area contributed by atoms with Crippen molar-refractivity contribution in [2.24, 2.45) is 0 Å². The van der Waals surface area contributed by atoms with Gasteiger partial charge in [0, 0.05) is 31.2 Å². The molecule has 1 fully saturated rings. The van der Waals surface area contributed by atoms with Crippen LogP contribution in [0.25, 0.3) is 0 Å². The number of benzene rings is 1. The van der Waals surface area contributed by atoms with Gasteiger partial charge in [-0.05, 0) is 18.2 Å². The average Bonchev–Trinajstić information content (AvgIpc) is 2.42. The molecule has 0 spiro atoms. The van der Waals surface area contributed by atoms with Crippen molar-refractivity contribution in [2.45, 2.75) is 0 Å². The van der Waals surface area contributed by atoms with Crippen molar-refractivity contribution in [2.75, 3.05) is 32.7 Å². The van der Waals surface area contributed by atoms with Crippen molar-refractivity contribution in [1.29, 1.82) is 0 Å². The fourth-order valence-electron chi connectivity index (χ4n) is 2.07. The number of piperazine rings is 1. The summed E-state index contributed by atoms with van der Waals surface area (Å²) in [5, 5.41) is 0.357. The Morgan fingerprint density at radius 3 is 2.68 bits per heavy atom. The summed E-state index contributed by atoms with van der Waals surface area (Å²) < 4.78 is 13.6. The molecule has 0 aromatic heterocycles. The van der Waals surface area contributed by atoms with Crippen LogP contribution in [0.3, 0.4) is 0 Å². The fraction of sp³-hybridized carbons (Fsp3) is 0.357. The molecule has 19 heavy (non-hydrogen) atoms. The van der Waals surface area contributed by atoms with Crippen molar-refractivity contribution < 1.29 is 9.18 Å². The van der Waals surface area contributed by atoms with Gasteiger partial charge in [0.2, 0.25) is 0 Å². The SMILES string of the molecule is C#CCN1CCN(C(=O)c2cc(Cl)ccc2F)CC1. The molecule has 1 aromatic carbocycles. The molecule has 0 atom stereocenters. The second-order valence-electron chi connectivity index (χ2n) is 4.40. The zero-order valence-electron chi connectivity index (χ0n) is 10.4. The van der Waals surface area contributed by atoms with Crippen LogP contribution in [0, 0.1) is 18.2 Å². The van der Waals surface area contributed by atoms with E-state index in [0.29, 0.717) is 37.7 Å². The van der Waals surface area contributed by atoms with Crippen LogP contribution in [0.1, 0.15) is 10.4 Å². The summed E-state index contributed by atoms with van der Waals surface area (Å²) in [5.74, 6) is 1.71. The van der Waals surface area contributed by atoms with Gasteiger partial charge in [0.25, 0.3) is 5.91 Å². The maximum Gasteiger partial charge on any atom is 0.256 e. The minimum absolute atomic E-state index is 0.0258. The Bertz CT molecular complexity index is 519. The lowest BCUT2D eigenvalue weighted by Gasteiger charge is -2.33. The Kier molecular flexibility index (Phi) is 4.41. The molecule has 1 aliphatic rings. The average molecular weight is 281 g/mol. The molecule has 1 amide bonds. The molecule has 5 heteroatoms. The minimum atomic E-state index is -0.541. The fourth-order valence-corrected chi connectivity index (χ4v) is 2.24. The maximum absolute atomic E-state index is 13.6. The number of carbonyl (C=O) groups excluding carboxylic acids is 1. The maximum atomic E-state index is 13.6. The Morgan fingerprint density at radius 1 is 1.37 bits per heavy atom. The number of rotatable bonds is 2. The van der Waals surface area contributed by atoms with E-state index in [1.54, 1.807) is 4.90 Å². The van der Waals surface area contributed by atoms with Gasteiger partial charge >= 0.3 is 0 Å². The van der Waals surface area contributed by atoms with E-state index in [-0.39, 0.29) is 11.5 Å². The predicted molar refractivity (Wildman–Crippen MR) is 72.6 cm³/mol. The topological polar surface area (TPSA) is 23.6 Å². The van der Waals surface area contributed by atoms with E-state index in [1.807, 2.05) is 0 Å². The largest absolute Gasteiger partial charge is 0.336 e. The lowest BCUT2D eigenvalue weighted by Crippen LogP contribution is -2.48. The third-order valence-corrected chi connectivity index (χ3v) is 3.37. The van der Waals surface area contributed by atoms with Crippen molar-refractivity contribution >= 4 is 17.5 Å². The lowest BCUT2D eigenvalue weighted by atomic mass is 10.1. The Morgan fingerprint density at radius 2 is 2.05 bits per heavy atom. The molecule has 0 N–H and O–H groups in total. The van der Waals surface area contributed by atoms with E-state index >= 15 is 0 Å². The first-order valence-corrected chi connectivity index (χ1v) is 6.40. The smallest absolute Gasteiger partial charge is 0.256 e. The van der Waals surface area contributed by atoms with Crippen molar-refractivity contribution in [1.82, 2.24) is 9.80 Å². The van der Waals surface area contributed by atoms with E-state index < -0.39 is 5.82 Å². The number of nitrogens with zero attached hydrogens (tertiary/aromatic N) is 2. The minimum Gasteiger partial charge on any atom is -0.336 e. The van der Waals surface area contributed by atoms with Gasteiger partial charge in [0.1, 0.15) is 5.82 Å². The normalized spacial score (nSPS) is 16.2. The van der Waals surface area contributed by atoms with E-state index in [0.717, 1.165) is 0 Å². The number of halogens is 2. The van der Waals surface area contributed by atoms with Crippen LogP contribution in [0.2, 0.25) is 5.02 Å². The van der Waals surface area contributed by atoms with Gasteiger partial charge in [0.15, 0.2) is 0 Å². The number of terminal acetylenes is 1. The highest BCUT2D eigenvalue weighted by atomic mass is 35.5. The molecule has 100 valence electrons. The summed E-state index contributed by atoms with van der Waals surface area (Å²) in [7, 11) is 0. The molecular weight excluding hydrogens is 267 g/mol. The molecule has 0 saturated carbocycles. The van der Waals surface area contributed by atoms with E-state index in [1.165, 1.54) is 18.2 Å². The molecular formula is C14H14ClFN2O. The summed E-state index contributed by atoms with van der Waals surface area (Å²) in [6, 6.07) is 4.01. The van der Waals surface area contributed by atoms with Crippen LogP contribution >= 0.6 is 11.6 Å². The highest BCUT2D eigenvalue weighted by Gasteiger charge is 2.23. The molecule has 2 rings (SSSR count). The second-order valence-corrected chi connectivity index (χ2v) is 4.83. The summed E-state index contributed by atoms with van der Waals surface area (Å²) in [4.78, 5) is 15.9. The Labute approximate surface area is 116 Å². The molecule has 1 aromatic rings. The van der Waals surface area contributed by atoms with Crippen molar-refractivity contribution in [3.05, 3.63) is 34.6 Å². The molecule has 1 saturated heterocycles. The summed E-state index contributed by atoms with van der Waals surface area (Å²) in [5.41, 5.74) is 0.0258. The van der Waals surface area contributed by atoms with Gasteiger partial charge in [-0.1, -0.05) is 17.5 Å². The highest BCUT2D eigenvalue weighted by Crippen LogP contribution is 2.17. The molecule has 0 radical (unpaired) electrons. The standard InChI is InChI=1S/C14H14ClFN2O/c1-2-5-17-6-8-18(9-7-17)14(19)12-10-11(15)3-4-13(12)16/h1,3-4,10H,5-9H2. The number of carbonyl (C=O) groups is 1. The second kappa shape index (κ2) is 6.05. The number of hydrogen-bond donors (Lipinski definition) is 0. The Hall–Kier alpha value is -1.57. The monoisotopic (exact) mass is 280 g/mol. The van der Waals surface area contributed by atoms with Crippen LogP contribution < -0.4 is 0 Å². The van der Waals surface area contributed by atoms with Gasteiger partial charge in [-0.3, -0.25) is 9.69 Å². The molecule has 3 nitrogen and oxygen atoms in total.